The molecule has 3 rings (SSSR count). The molecule has 0 aliphatic heterocycles. The average molecular weight is 380 g/mol. The van der Waals surface area contributed by atoms with E-state index in [1.165, 1.54) is 22.9 Å². The molecule has 0 bridgehead atoms. The molecule has 2 aromatic carbocycles. The summed E-state index contributed by atoms with van der Waals surface area (Å²) in [6.45, 7) is -0.195. The van der Waals surface area contributed by atoms with Crippen molar-refractivity contribution in [1.29, 1.82) is 0 Å². The van der Waals surface area contributed by atoms with Gasteiger partial charge in [-0.25, -0.2) is 4.98 Å². The van der Waals surface area contributed by atoms with Crippen molar-refractivity contribution in [2.24, 2.45) is 0 Å². The summed E-state index contributed by atoms with van der Waals surface area (Å²) in [4.78, 5) is 42.8. The van der Waals surface area contributed by atoms with E-state index in [0.29, 0.717) is 27.9 Å². The fourth-order valence-corrected chi connectivity index (χ4v) is 2.77. The average Bonchev–Trinajstić information content (AvgIpc) is 2.69. The van der Waals surface area contributed by atoms with Crippen molar-refractivity contribution in [3.63, 3.8) is 0 Å². The van der Waals surface area contributed by atoms with Gasteiger partial charge in [-0.2, -0.15) is 0 Å². The number of nitrogens with one attached hydrogen (secondary N) is 1. The van der Waals surface area contributed by atoms with Gasteiger partial charge in [0, 0.05) is 19.8 Å². The monoisotopic (exact) mass is 380 g/mol. The molecule has 2 amide bonds. The van der Waals surface area contributed by atoms with Crippen molar-refractivity contribution in [2.75, 3.05) is 26.5 Å². The van der Waals surface area contributed by atoms with Crippen LogP contribution in [0.15, 0.2) is 53.6 Å². The Bertz CT molecular complexity index is 1100. The Hall–Kier alpha value is -3.68. The highest BCUT2D eigenvalue weighted by atomic mass is 16.5. The Morgan fingerprint density at radius 1 is 1.18 bits per heavy atom. The van der Waals surface area contributed by atoms with Crippen LogP contribution in [0.5, 0.6) is 5.75 Å². The van der Waals surface area contributed by atoms with Gasteiger partial charge in [-0.15, -0.1) is 0 Å². The molecule has 0 aliphatic carbocycles. The van der Waals surface area contributed by atoms with Gasteiger partial charge in [-0.05, 0) is 30.3 Å². The maximum Gasteiger partial charge on any atom is 0.261 e. The first kappa shape index (κ1) is 19.1. The van der Waals surface area contributed by atoms with Crippen LogP contribution in [0.1, 0.15) is 10.4 Å². The third-order valence-corrected chi connectivity index (χ3v) is 4.17. The van der Waals surface area contributed by atoms with Crippen molar-refractivity contribution in [2.45, 2.75) is 6.54 Å². The van der Waals surface area contributed by atoms with E-state index in [9.17, 15) is 14.4 Å². The molecule has 1 N–H and O–H groups in total. The smallest absolute Gasteiger partial charge is 0.261 e. The van der Waals surface area contributed by atoms with E-state index in [-0.39, 0.29) is 18.0 Å². The predicted molar refractivity (Wildman–Crippen MR) is 106 cm³/mol. The fraction of sp³-hybridized carbons (Fsp3) is 0.200. The van der Waals surface area contributed by atoms with Gasteiger partial charge in [-0.1, -0.05) is 12.1 Å². The predicted octanol–water partition coefficient (Wildman–Crippen LogP) is 1.75. The topological polar surface area (TPSA) is 93.5 Å². The molecular weight excluding hydrogens is 360 g/mol. The molecule has 144 valence electrons. The van der Waals surface area contributed by atoms with Crippen molar-refractivity contribution in [1.82, 2.24) is 14.5 Å². The number of carbonyl (C=O) groups excluding carboxylic acids is 2. The molecule has 0 saturated heterocycles. The second-order valence-corrected chi connectivity index (χ2v) is 6.36. The summed E-state index contributed by atoms with van der Waals surface area (Å²) in [6, 6.07) is 11.7. The number of benzene rings is 2. The summed E-state index contributed by atoms with van der Waals surface area (Å²) >= 11 is 0. The number of anilines is 1. The molecule has 0 saturated carbocycles. The number of hydrogen-bond donors (Lipinski definition) is 1. The lowest BCUT2D eigenvalue weighted by molar-refractivity contribution is -0.116. The van der Waals surface area contributed by atoms with Crippen LogP contribution in [0.25, 0.3) is 10.9 Å². The zero-order valence-electron chi connectivity index (χ0n) is 15.8. The Morgan fingerprint density at radius 2 is 1.93 bits per heavy atom. The first-order chi connectivity index (χ1) is 13.4. The zero-order valence-corrected chi connectivity index (χ0v) is 15.8. The van der Waals surface area contributed by atoms with Crippen LogP contribution in [0.2, 0.25) is 0 Å². The summed E-state index contributed by atoms with van der Waals surface area (Å²) in [5.41, 5.74) is 1.04. The van der Waals surface area contributed by atoms with Crippen LogP contribution in [0, 0.1) is 0 Å². The standard InChI is InChI=1S/C20H20N4O4/c1-23(2)19(26)15-10-13(8-9-17(15)28-3)22-18(25)11-24-12-21-16-7-5-4-6-14(16)20(24)27/h4-10,12H,11H2,1-3H3,(H,22,25). The SMILES string of the molecule is COc1ccc(NC(=O)Cn2cnc3ccccc3c2=O)cc1C(=O)N(C)C. The molecule has 0 atom stereocenters. The lowest BCUT2D eigenvalue weighted by Crippen LogP contribution is -2.28. The number of nitrogens with zero attached hydrogens (tertiary/aromatic N) is 3. The molecule has 0 spiro atoms. The second kappa shape index (κ2) is 7.91. The minimum atomic E-state index is -0.410. The molecule has 0 radical (unpaired) electrons. The third kappa shape index (κ3) is 3.85. The minimum Gasteiger partial charge on any atom is -0.496 e. The molecule has 8 nitrogen and oxygen atoms in total. The molecule has 1 aromatic heterocycles. The minimum absolute atomic E-state index is 0.195. The van der Waals surface area contributed by atoms with Crippen molar-refractivity contribution in [3.8, 4) is 5.75 Å². The van der Waals surface area contributed by atoms with Gasteiger partial charge in [0.15, 0.2) is 0 Å². The normalized spacial score (nSPS) is 10.5. The van der Waals surface area contributed by atoms with E-state index >= 15 is 0 Å². The molecule has 3 aromatic rings. The number of carbonyl (C=O) groups is 2. The quantitative estimate of drug-likeness (QED) is 0.728. The summed E-state index contributed by atoms with van der Waals surface area (Å²) in [5.74, 6) is -0.248. The third-order valence-electron chi connectivity index (χ3n) is 4.17. The summed E-state index contributed by atoms with van der Waals surface area (Å²) in [6.07, 6.45) is 1.35. The van der Waals surface area contributed by atoms with Crippen LogP contribution < -0.4 is 15.6 Å². The Morgan fingerprint density at radius 3 is 2.64 bits per heavy atom. The van der Waals surface area contributed by atoms with E-state index in [1.54, 1.807) is 56.6 Å². The number of aromatic nitrogens is 2. The van der Waals surface area contributed by atoms with Gasteiger partial charge in [0.05, 0.1) is 29.9 Å². The fourth-order valence-electron chi connectivity index (χ4n) is 2.77. The van der Waals surface area contributed by atoms with E-state index in [1.807, 2.05) is 0 Å². The van der Waals surface area contributed by atoms with Crippen LogP contribution in [-0.4, -0.2) is 47.5 Å². The first-order valence-electron chi connectivity index (χ1n) is 8.54. The highest BCUT2D eigenvalue weighted by molar-refractivity contribution is 5.99. The molecule has 0 aliphatic rings. The number of fused-ring (bicyclic) bond motifs is 1. The number of amides is 2. The Kier molecular flexibility index (Phi) is 5.39. The van der Waals surface area contributed by atoms with Gasteiger partial charge in [-0.3, -0.25) is 19.0 Å². The molecular formula is C20H20N4O4. The van der Waals surface area contributed by atoms with Crippen LogP contribution in [0.3, 0.4) is 0 Å². The number of hydrogen-bond acceptors (Lipinski definition) is 5. The van der Waals surface area contributed by atoms with Crippen LogP contribution in [-0.2, 0) is 11.3 Å². The molecule has 1 heterocycles. The summed E-state index contributed by atoms with van der Waals surface area (Å²) in [7, 11) is 4.73. The number of methoxy groups -OCH3 is 1. The van der Waals surface area contributed by atoms with Gasteiger partial charge < -0.3 is 15.0 Å². The summed E-state index contributed by atoms with van der Waals surface area (Å²) < 4.78 is 6.46. The molecule has 28 heavy (non-hydrogen) atoms. The van der Waals surface area contributed by atoms with Crippen LogP contribution in [0.4, 0.5) is 5.69 Å². The Labute approximate surface area is 161 Å². The van der Waals surface area contributed by atoms with Crippen molar-refractivity contribution < 1.29 is 14.3 Å². The number of rotatable bonds is 5. The molecule has 0 fully saturated rings. The van der Waals surface area contributed by atoms with Gasteiger partial charge in [0.25, 0.3) is 11.5 Å². The number of para-hydroxylation sites is 1. The first-order valence-corrected chi connectivity index (χ1v) is 8.54. The molecule has 8 heteroatoms. The van der Waals surface area contributed by atoms with Crippen molar-refractivity contribution in [3.05, 3.63) is 64.7 Å². The summed E-state index contributed by atoms with van der Waals surface area (Å²) in [5, 5.41) is 3.14. The van der Waals surface area contributed by atoms with E-state index < -0.39 is 5.91 Å². The number of ether oxygens (including phenoxy) is 1. The Balaban J connectivity index is 1.82. The maximum atomic E-state index is 12.5. The van der Waals surface area contributed by atoms with Crippen LogP contribution >= 0.6 is 0 Å². The lowest BCUT2D eigenvalue weighted by Gasteiger charge is -2.15. The zero-order chi connectivity index (χ0) is 20.3. The van der Waals surface area contributed by atoms with E-state index in [4.69, 9.17) is 4.74 Å². The van der Waals surface area contributed by atoms with Gasteiger partial charge in [0.2, 0.25) is 5.91 Å². The van der Waals surface area contributed by atoms with Gasteiger partial charge >= 0.3 is 0 Å². The van der Waals surface area contributed by atoms with Crippen molar-refractivity contribution >= 4 is 28.4 Å². The second-order valence-electron chi connectivity index (χ2n) is 6.36. The maximum absolute atomic E-state index is 12.5. The highest BCUT2D eigenvalue weighted by Gasteiger charge is 2.16. The van der Waals surface area contributed by atoms with E-state index in [2.05, 4.69) is 10.3 Å². The van der Waals surface area contributed by atoms with E-state index in [0.717, 1.165) is 0 Å². The lowest BCUT2D eigenvalue weighted by atomic mass is 10.1. The van der Waals surface area contributed by atoms with Gasteiger partial charge in [0.1, 0.15) is 12.3 Å². The molecule has 0 unspecified atom stereocenters. The largest absolute Gasteiger partial charge is 0.496 e. The highest BCUT2D eigenvalue weighted by Crippen LogP contribution is 2.23.